The fraction of sp³-hybridized carbons (Fsp3) is 0.286. The first-order valence-corrected chi connectivity index (χ1v) is 6.43. The van der Waals surface area contributed by atoms with Crippen molar-refractivity contribution < 1.29 is 24.2 Å². The van der Waals surface area contributed by atoms with Crippen LogP contribution < -0.4 is 14.8 Å². The van der Waals surface area contributed by atoms with Crippen molar-refractivity contribution in [2.75, 3.05) is 14.2 Å². The van der Waals surface area contributed by atoms with Crippen molar-refractivity contribution in [2.24, 2.45) is 0 Å². The van der Waals surface area contributed by atoms with Gasteiger partial charge in [0.15, 0.2) is 17.6 Å². The summed E-state index contributed by atoms with van der Waals surface area (Å²) in [6.45, 7) is 1.57. The van der Waals surface area contributed by atoms with Crippen molar-refractivity contribution >= 4 is 29.6 Å². The van der Waals surface area contributed by atoms with Gasteiger partial charge in [-0.3, -0.25) is 4.79 Å². The highest BCUT2D eigenvalue weighted by Crippen LogP contribution is 2.36. The first-order chi connectivity index (χ1) is 9.88. The molecule has 1 atom stereocenters. The Bertz CT molecular complexity index is 571. The number of ether oxygens (including phenoxy) is 2. The normalized spacial score (nSPS) is 12.0. The van der Waals surface area contributed by atoms with E-state index in [9.17, 15) is 9.59 Å². The molecular formula is C14H16ClNO5. The van der Waals surface area contributed by atoms with E-state index in [1.165, 1.54) is 32.4 Å². The molecule has 114 valence electrons. The third-order valence-corrected chi connectivity index (χ3v) is 2.80. The smallest absolute Gasteiger partial charge is 0.328 e. The largest absolute Gasteiger partial charge is 0.493 e. The van der Waals surface area contributed by atoms with E-state index in [1.807, 2.05) is 0 Å². The van der Waals surface area contributed by atoms with Crippen LogP contribution in [0.1, 0.15) is 12.5 Å². The Kier molecular flexibility index (Phi) is 6.05. The molecule has 0 bridgehead atoms. The average Bonchev–Trinajstić information content (AvgIpc) is 2.45. The van der Waals surface area contributed by atoms with Crippen LogP contribution in [-0.2, 0) is 9.59 Å². The summed E-state index contributed by atoms with van der Waals surface area (Å²) >= 11 is 5.95. The second-order valence-electron chi connectivity index (χ2n) is 4.07. The molecule has 1 amide bonds. The van der Waals surface area contributed by atoms with Crippen molar-refractivity contribution in [3.8, 4) is 11.5 Å². The summed E-state index contributed by atoms with van der Waals surface area (Å²) in [5.74, 6) is -0.877. The molecule has 0 spiro atoms. The van der Waals surface area contributed by atoms with Gasteiger partial charge in [-0.25, -0.2) is 4.79 Å². The minimum Gasteiger partial charge on any atom is -0.493 e. The number of carboxylic acid groups (broad SMARTS) is 1. The number of carbonyl (C=O) groups is 2. The Hall–Kier alpha value is -2.21. The monoisotopic (exact) mass is 313 g/mol. The highest BCUT2D eigenvalue weighted by atomic mass is 35.5. The molecule has 0 aromatic heterocycles. The van der Waals surface area contributed by atoms with E-state index in [-0.39, 0.29) is 11.7 Å². The van der Waals surface area contributed by atoms with Crippen molar-refractivity contribution in [2.45, 2.75) is 13.0 Å². The topological polar surface area (TPSA) is 84.9 Å². The summed E-state index contributed by atoms with van der Waals surface area (Å²) < 4.78 is 10.7. The van der Waals surface area contributed by atoms with Crippen molar-refractivity contribution in [1.29, 1.82) is 0 Å². The predicted molar refractivity (Wildman–Crippen MR) is 78.8 cm³/mol. The quantitative estimate of drug-likeness (QED) is 0.784. The third kappa shape index (κ3) is 4.68. The molecule has 0 fully saturated rings. The lowest BCUT2D eigenvalue weighted by molar-refractivity contribution is -0.131. The number of carboxylic acids is 1. The Morgan fingerprint density at radius 1 is 1.43 bits per heavy atom. The van der Waals surface area contributed by atoms with Gasteiger partial charge in [-0.2, -0.15) is 0 Å². The van der Waals surface area contributed by atoms with Gasteiger partial charge in [0.2, 0.25) is 0 Å². The number of likely N-dealkylation sites (N-methyl/N-ethyl adjacent to an activating group) is 1. The maximum Gasteiger partial charge on any atom is 0.328 e. The van der Waals surface area contributed by atoms with E-state index in [0.29, 0.717) is 16.3 Å². The lowest BCUT2D eigenvalue weighted by Gasteiger charge is -2.18. The molecule has 2 N–H and O–H groups in total. The summed E-state index contributed by atoms with van der Waals surface area (Å²) in [6.07, 6.45) is 1.49. The van der Waals surface area contributed by atoms with Gasteiger partial charge in [0.05, 0.1) is 7.11 Å². The lowest BCUT2D eigenvalue weighted by Crippen LogP contribution is -2.34. The van der Waals surface area contributed by atoms with Gasteiger partial charge in [0, 0.05) is 29.8 Å². The minimum atomic E-state index is -1.11. The molecule has 1 aromatic carbocycles. The molecule has 0 aliphatic carbocycles. The Labute approximate surface area is 127 Å². The van der Waals surface area contributed by atoms with Crippen LogP contribution in [0.5, 0.6) is 11.5 Å². The number of aliphatic carboxylic acids is 1. The summed E-state index contributed by atoms with van der Waals surface area (Å²) in [5, 5.41) is 11.5. The summed E-state index contributed by atoms with van der Waals surface area (Å²) in [7, 11) is 2.92. The molecule has 0 radical (unpaired) electrons. The van der Waals surface area contributed by atoms with Gasteiger partial charge in [0.1, 0.15) is 0 Å². The number of benzene rings is 1. The molecule has 0 aliphatic heterocycles. The van der Waals surface area contributed by atoms with Crippen LogP contribution in [-0.4, -0.2) is 37.2 Å². The summed E-state index contributed by atoms with van der Waals surface area (Å²) in [6, 6.07) is 3.04. The van der Waals surface area contributed by atoms with Crippen molar-refractivity contribution in [3.05, 3.63) is 28.8 Å². The number of rotatable bonds is 6. The highest BCUT2D eigenvalue weighted by Gasteiger charge is 2.18. The fourth-order valence-corrected chi connectivity index (χ4v) is 1.80. The molecule has 0 heterocycles. The molecular weight excluding hydrogens is 298 g/mol. The molecule has 1 rings (SSSR count). The predicted octanol–water partition coefficient (Wildman–Crippen LogP) is 1.96. The van der Waals surface area contributed by atoms with Gasteiger partial charge >= 0.3 is 5.97 Å². The van der Waals surface area contributed by atoms with Crippen LogP contribution in [0.25, 0.3) is 6.08 Å². The van der Waals surface area contributed by atoms with Gasteiger partial charge in [-0.05, 0) is 19.1 Å². The lowest BCUT2D eigenvalue weighted by atomic mass is 10.1. The van der Waals surface area contributed by atoms with Gasteiger partial charge in [-0.1, -0.05) is 11.6 Å². The molecule has 0 saturated carbocycles. The number of carbonyl (C=O) groups excluding carboxylic acids is 1. The van der Waals surface area contributed by atoms with Crippen LogP contribution in [0.2, 0.25) is 5.02 Å². The molecule has 0 aliphatic rings. The van der Waals surface area contributed by atoms with E-state index in [2.05, 4.69) is 5.32 Å². The van der Waals surface area contributed by atoms with E-state index >= 15 is 0 Å². The van der Waals surface area contributed by atoms with Gasteiger partial charge in [-0.15, -0.1) is 0 Å². The van der Waals surface area contributed by atoms with Gasteiger partial charge < -0.3 is 19.9 Å². The molecule has 1 aromatic rings. The van der Waals surface area contributed by atoms with E-state index in [1.54, 1.807) is 6.92 Å². The Morgan fingerprint density at radius 2 is 2.10 bits per heavy atom. The summed E-state index contributed by atoms with van der Waals surface area (Å²) in [5.41, 5.74) is 0.400. The molecule has 6 nitrogen and oxygen atoms in total. The number of hydrogen-bond acceptors (Lipinski definition) is 4. The highest BCUT2D eigenvalue weighted by molar-refractivity contribution is 6.31. The van der Waals surface area contributed by atoms with Crippen molar-refractivity contribution in [1.82, 2.24) is 5.32 Å². The number of halogens is 1. The Morgan fingerprint density at radius 3 is 2.62 bits per heavy atom. The van der Waals surface area contributed by atoms with Gasteiger partial charge in [0.25, 0.3) is 5.91 Å². The fourth-order valence-electron chi connectivity index (χ4n) is 1.58. The van der Waals surface area contributed by atoms with Crippen LogP contribution in [0.15, 0.2) is 18.2 Å². The standard InChI is InChI=1S/C14H16ClNO5/c1-8(14(19)16-2)21-13-9(4-5-12(17)18)6-10(15)7-11(13)20-3/h4-8H,1-3H3,(H,16,19)(H,17,18)/b5-4+. The molecule has 7 heteroatoms. The zero-order valence-corrected chi connectivity index (χ0v) is 12.6. The second-order valence-corrected chi connectivity index (χ2v) is 4.51. The van der Waals surface area contributed by atoms with E-state index < -0.39 is 12.1 Å². The van der Waals surface area contributed by atoms with E-state index in [4.69, 9.17) is 26.2 Å². The molecule has 21 heavy (non-hydrogen) atoms. The van der Waals surface area contributed by atoms with Crippen LogP contribution in [0.3, 0.4) is 0 Å². The third-order valence-electron chi connectivity index (χ3n) is 2.58. The zero-order valence-electron chi connectivity index (χ0n) is 11.8. The van der Waals surface area contributed by atoms with Crippen LogP contribution >= 0.6 is 11.6 Å². The first-order valence-electron chi connectivity index (χ1n) is 6.05. The maximum absolute atomic E-state index is 11.5. The van der Waals surface area contributed by atoms with E-state index in [0.717, 1.165) is 6.08 Å². The molecule has 0 saturated heterocycles. The number of hydrogen-bond donors (Lipinski definition) is 2. The van der Waals surface area contributed by atoms with Crippen LogP contribution in [0.4, 0.5) is 0 Å². The first kappa shape index (κ1) is 16.8. The SMILES string of the molecule is CNC(=O)C(C)Oc1c(/C=C/C(=O)O)cc(Cl)cc1OC. The zero-order chi connectivity index (χ0) is 16.0. The second kappa shape index (κ2) is 7.54. The molecule has 1 unspecified atom stereocenters. The summed E-state index contributed by atoms with van der Waals surface area (Å²) in [4.78, 5) is 22.2. The maximum atomic E-state index is 11.5. The Balaban J connectivity index is 3.25. The van der Waals surface area contributed by atoms with Crippen LogP contribution in [0, 0.1) is 0 Å². The number of amides is 1. The number of nitrogens with one attached hydrogen (secondary N) is 1. The average molecular weight is 314 g/mol. The number of methoxy groups -OCH3 is 1. The van der Waals surface area contributed by atoms with Crippen molar-refractivity contribution in [3.63, 3.8) is 0 Å². The minimum absolute atomic E-state index is 0.246.